The van der Waals surface area contributed by atoms with E-state index in [0.29, 0.717) is 5.92 Å². The van der Waals surface area contributed by atoms with Crippen molar-refractivity contribution in [2.75, 3.05) is 13.6 Å². The van der Waals surface area contributed by atoms with Crippen LogP contribution in [-0.4, -0.2) is 23.6 Å². The van der Waals surface area contributed by atoms with Gasteiger partial charge in [0.15, 0.2) is 5.82 Å². The van der Waals surface area contributed by atoms with Gasteiger partial charge in [-0.3, -0.25) is 0 Å². The quantitative estimate of drug-likeness (QED) is 0.924. The zero-order chi connectivity index (χ0) is 14.7. The SMILES string of the molecule is CNCC(C)c1c(C)nc(-c2ccc(C)cc2)nc1C. The zero-order valence-electron chi connectivity index (χ0n) is 13.0. The fourth-order valence-electron chi connectivity index (χ4n) is 2.68. The molecule has 0 aliphatic rings. The van der Waals surface area contributed by atoms with E-state index in [1.165, 1.54) is 11.1 Å². The Kier molecular flexibility index (Phi) is 4.50. The van der Waals surface area contributed by atoms with Gasteiger partial charge in [-0.05, 0) is 39.3 Å². The van der Waals surface area contributed by atoms with Crippen molar-refractivity contribution in [1.29, 1.82) is 0 Å². The summed E-state index contributed by atoms with van der Waals surface area (Å²) in [7, 11) is 1.97. The Hall–Kier alpha value is -1.74. The predicted molar refractivity (Wildman–Crippen MR) is 84.0 cm³/mol. The summed E-state index contributed by atoms with van der Waals surface area (Å²) in [5.41, 5.74) is 5.75. The summed E-state index contributed by atoms with van der Waals surface area (Å²) in [6.07, 6.45) is 0. The van der Waals surface area contributed by atoms with Crippen molar-refractivity contribution < 1.29 is 0 Å². The molecule has 0 spiro atoms. The molecule has 106 valence electrons. The smallest absolute Gasteiger partial charge is 0.159 e. The van der Waals surface area contributed by atoms with Crippen LogP contribution in [0.25, 0.3) is 11.4 Å². The Labute approximate surface area is 121 Å². The molecule has 1 aromatic heterocycles. The van der Waals surface area contributed by atoms with Gasteiger partial charge < -0.3 is 5.32 Å². The van der Waals surface area contributed by atoms with E-state index >= 15 is 0 Å². The molecule has 1 heterocycles. The van der Waals surface area contributed by atoms with Gasteiger partial charge >= 0.3 is 0 Å². The molecule has 1 N–H and O–H groups in total. The van der Waals surface area contributed by atoms with Gasteiger partial charge in [0.25, 0.3) is 0 Å². The fraction of sp³-hybridized carbons (Fsp3) is 0.412. The molecule has 0 aliphatic carbocycles. The molecule has 3 heteroatoms. The monoisotopic (exact) mass is 269 g/mol. The lowest BCUT2D eigenvalue weighted by Crippen LogP contribution is -2.17. The average molecular weight is 269 g/mol. The molecular formula is C17H23N3. The summed E-state index contributed by atoms with van der Waals surface area (Å²) in [5, 5.41) is 3.22. The molecule has 3 nitrogen and oxygen atoms in total. The number of likely N-dealkylation sites (N-methyl/N-ethyl adjacent to an activating group) is 1. The van der Waals surface area contributed by atoms with Crippen LogP contribution in [0.2, 0.25) is 0 Å². The number of hydrogen-bond acceptors (Lipinski definition) is 3. The summed E-state index contributed by atoms with van der Waals surface area (Å²) in [5.74, 6) is 1.24. The van der Waals surface area contributed by atoms with E-state index in [1.807, 2.05) is 7.05 Å². The third-order valence-corrected chi connectivity index (χ3v) is 3.64. The van der Waals surface area contributed by atoms with Gasteiger partial charge in [-0.2, -0.15) is 0 Å². The largest absolute Gasteiger partial charge is 0.319 e. The van der Waals surface area contributed by atoms with E-state index in [1.54, 1.807) is 0 Å². The van der Waals surface area contributed by atoms with Gasteiger partial charge in [-0.15, -0.1) is 0 Å². The first-order valence-corrected chi connectivity index (χ1v) is 7.09. The summed E-state index contributed by atoms with van der Waals surface area (Å²) in [4.78, 5) is 9.40. The molecule has 0 bridgehead atoms. The van der Waals surface area contributed by atoms with Crippen LogP contribution in [0.1, 0.15) is 35.4 Å². The topological polar surface area (TPSA) is 37.8 Å². The summed E-state index contributed by atoms with van der Waals surface area (Å²) >= 11 is 0. The molecular weight excluding hydrogens is 246 g/mol. The number of aromatic nitrogens is 2. The summed E-state index contributed by atoms with van der Waals surface area (Å²) < 4.78 is 0. The van der Waals surface area contributed by atoms with E-state index in [-0.39, 0.29) is 0 Å². The van der Waals surface area contributed by atoms with Crippen LogP contribution in [0.3, 0.4) is 0 Å². The molecule has 1 unspecified atom stereocenters. The van der Waals surface area contributed by atoms with Crippen molar-refractivity contribution in [3.8, 4) is 11.4 Å². The lowest BCUT2D eigenvalue weighted by atomic mass is 9.97. The third kappa shape index (κ3) is 3.05. The van der Waals surface area contributed by atoms with Crippen molar-refractivity contribution in [2.24, 2.45) is 0 Å². The van der Waals surface area contributed by atoms with Crippen molar-refractivity contribution in [3.63, 3.8) is 0 Å². The Balaban J connectivity index is 2.42. The molecule has 20 heavy (non-hydrogen) atoms. The number of hydrogen-bond donors (Lipinski definition) is 1. The van der Waals surface area contributed by atoms with Crippen molar-refractivity contribution in [2.45, 2.75) is 33.6 Å². The van der Waals surface area contributed by atoms with E-state index in [4.69, 9.17) is 9.97 Å². The number of aryl methyl sites for hydroxylation is 3. The van der Waals surface area contributed by atoms with Crippen LogP contribution in [0.15, 0.2) is 24.3 Å². The van der Waals surface area contributed by atoms with Gasteiger partial charge in [0.1, 0.15) is 0 Å². The summed E-state index contributed by atoms with van der Waals surface area (Å²) in [6, 6.07) is 8.36. The minimum Gasteiger partial charge on any atom is -0.319 e. The minimum atomic E-state index is 0.423. The number of benzene rings is 1. The molecule has 1 atom stereocenters. The normalized spacial score (nSPS) is 12.4. The fourth-order valence-corrected chi connectivity index (χ4v) is 2.68. The predicted octanol–water partition coefficient (Wildman–Crippen LogP) is 3.39. The number of nitrogens with one attached hydrogen (secondary N) is 1. The van der Waals surface area contributed by atoms with Crippen LogP contribution < -0.4 is 5.32 Å². The first-order chi connectivity index (χ1) is 9.52. The van der Waals surface area contributed by atoms with Crippen molar-refractivity contribution in [3.05, 3.63) is 46.8 Å². The molecule has 0 saturated carbocycles. The zero-order valence-corrected chi connectivity index (χ0v) is 13.0. The Morgan fingerprint density at radius 3 is 2.05 bits per heavy atom. The lowest BCUT2D eigenvalue weighted by Gasteiger charge is -2.17. The third-order valence-electron chi connectivity index (χ3n) is 3.64. The minimum absolute atomic E-state index is 0.423. The van der Waals surface area contributed by atoms with Crippen LogP contribution in [0, 0.1) is 20.8 Å². The van der Waals surface area contributed by atoms with Gasteiger partial charge in [-0.1, -0.05) is 36.8 Å². The highest BCUT2D eigenvalue weighted by molar-refractivity contribution is 5.56. The van der Waals surface area contributed by atoms with Crippen LogP contribution in [-0.2, 0) is 0 Å². The highest BCUT2D eigenvalue weighted by atomic mass is 14.9. The number of rotatable bonds is 4. The molecule has 2 rings (SSSR count). The van der Waals surface area contributed by atoms with E-state index in [2.05, 4.69) is 57.3 Å². The van der Waals surface area contributed by atoms with E-state index in [0.717, 1.165) is 29.3 Å². The van der Waals surface area contributed by atoms with Gasteiger partial charge in [0.05, 0.1) is 0 Å². The van der Waals surface area contributed by atoms with Gasteiger partial charge in [0, 0.05) is 23.5 Å². The average Bonchev–Trinajstić information content (AvgIpc) is 2.39. The first kappa shape index (κ1) is 14.7. The molecule has 0 radical (unpaired) electrons. The van der Waals surface area contributed by atoms with Crippen molar-refractivity contribution in [1.82, 2.24) is 15.3 Å². The molecule has 0 fully saturated rings. The molecule has 2 aromatic rings. The van der Waals surface area contributed by atoms with Crippen LogP contribution >= 0.6 is 0 Å². The highest BCUT2D eigenvalue weighted by Crippen LogP contribution is 2.24. The van der Waals surface area contributed by atoms with Crippen molar-refractivity contribution >= 4 is 0 Å². The standard InChI is InChI=1S/C17H23N3/c1-11-6-8-15(9-7-11)17-19-13(3)16(14(4)20-17)12(2)10-18-5/h6-9,12,18H,10H2,1-5H3. The van der Waals surface area contributed by atoms with Gasteiger partial charge in [0.2, 0.25) is 0 Å². The molecule has 0 aliphatic heterocycles. The maximum Gasteiger partial charge on any atom is 0.159 e. The second kappa shape index (κ2) is 6.14. The molecule has 0 amide bonds. The second-order valence-corrected chi connectivity index (χ2v) is 5.46. The number of nitrogens with zero attached hydrogens (tertiary/aromatic N) is 2. The Morgan fingerprint density at radius 2 is 1.55 bits per heavy atom. The Morgan fingerprint density at radius 1 is 1.00 bits per heavy atom. The van der Waals surface area contributed by atoms with E-state index < -0.39 is 0 Å². The van der Waals surface area contributed by atoms with Crippen LogP contribution in [0.4, 0.5) is 0 Å². The Bertz CT molecular complexity index is 565. The van der Waals surface area contributed by atoms with Crippen LogP contribution in [0.5, 0.6) is 0 Å². The second-order valence-electron chi connectivity index (χ2n) is 5.46. The highest BCUT2D eigenvalue weighted by Gasteiger charge is 2.15. The van der Waals surface area contributed by atoms with E-state index in [9.17, 15) is 0 Å². The maximum atomic E-state index is 4.70. The molecule has 1 aromatic carbocycles. The maximum absolute atomic E-state index is 4.70. The lowest BCUT2D eigenvalue weighted by molar-refractivity contribution is 0.663. The van der Waals surface area contributed by atoms with Gasteiger partial charge in [-0.25, -0.2) is 9.97 Å². The first-order valence-electron chi connectivity index (χ1n) is 7.09. The summed E-state index contributed by atoms with van der Waals surface area (Å²) in [6.45, 7) is 9.39. The molecule has 0 saturated heterocycles.